The van der Waals surface area contributed by atoms with Crippen molar-refractivity contribution in [2.75, 3.05) is 20.3 Å². The second kappa shape index (κ2) is 6.59. The van der Waals surface area contributed by atoms with E-state index in [9.17, 15) is 0 Å². The summed E-state index contributed by atoms with van der Waals surface area (Å²) in [7, 11) is 1.92. The molecule has 1 N–H and O–H groups in total. The summed E-state index contributed by atoms with van der Waals surface area (Å²) < 4.78 is 19.9. The van der Waals surface area contributed by atoms with Crippen molar-refractivity contribution < 1.29 is 14.2 Å². The summed E-state index contributed by atoms with van der Waals surface area (Å²) >= 11 is 0. The minimum absolute atomic E-state index is 0.0854. The summed E-state index contributed by atoms with van der Waals surface area (Å²) in [4.78, 5) is 0. The lowest BCUT2D eigenvalue weighted by molar-refractivity contribution is -0.271. The lowest BCUT2D eigenvalue weighted by Gasteiger charge is -2.72. The van der Waals surface area contributed by atoms with Gasteiger partial charge in [0.15, 0.2) is 0 Å². The van der Waals surface area contributed by atoms with Gasteiger partial charge in [-0.05, 0) is 62.3 Å². The van der Waals surface area contributed by atoms with E-state index < -0.39 is 0 Å². The van der Waals surface area contributed by atoms with Crippen LogP contribution in [0.15, 0.2) is 42.5 Å². The van der Waals surface area contributed by atoms with Gasteiger partial charge in [-0.3, -0.25) is 0 Å². The zero-order chi connectivity index (χ0) is 21.6. The molecular formula is C28H33NO3. The lowest BCUT2D eigenvalue weighted by Crippen LogP contribution is -2.81. The van der Waals surface area contributed by atoms with Gasteiger partial charge >= 0.3 is 0 Å². The molecule has 1 saturated heterocycles. The van der Waals surface area contributed by atoms with Crippen LogP contribution in [0.2, 0.25) is 0 Å². The molecule has 1 unspecified atom stereocenters. The van der Waals surface area contributed by atoms with Crippen LogP contribution in [0.5, 0.6) is 5.75 Å². The summed E-state index contributed by atoms with van der Waals surface area (Å²) in [5, 5.41) is 3.96. The van der Waals surface area contributed by atoms with Crippen LogP contribution in [0.3, 0.4) is 0 Å². The zero-order valence-electron chi connectivity index (χ0n) is 19.2. The lowest BCUT2D eigenvalue weighted by atomic mass is 9.35. The summed E-state index contributed by atoms with van der Waals surface area (Å²) in [6.45, 7) is 4.68. The Morgan fingerprint density at radius 2 is 1.97 bits per heavy atom. The molecule has 2 aromatic rings. The van der Waals surface area contributed by atoms with Gasteiger partial charge < -0.3 is 19.5 Å². The monoisotopic (exact) mass is 431 g/mol. The molecular weight excluding hydrogens is 398 g/mol. The highest BCUT2D eigenvalue weighted by Crippen LogP contribution is 2.75. The predicted molar refractivity (Wildman–Crippen MR) is 123 cm³/mol. The Hall–Kier alpha value is -1.88. The fourth-order valence-electron chi connectivity index (χ4n) is 8.73. The number of hydrogen-bond donors (Lipinski definition) is 1. The molecule has 3 saturated carbocycles. The molecule has 4 fully saturated rings. The van der Waals surface area contributed by atoms with Crippen molar-refractivity contribution in [3.63, 3.8) is 0 Å². The number of methoxy groups -OCH3 is 1. The summed E-state index contributed by atoms with van der Waals surface area (Å²) in [5.41, 5.74) is 5.61. The van der Waals surface area contributed by atoms with E-state index >= 15 is 0 Å². The molecule has 4 aliphatic carbocycles. The molecule has 0 radical (unpaired) electrons. The Morgan fingerprint density at radius 3 is 2.81 bits per heavy atom. The van der Waals surface area contributed by atoms with Crippen LogP contribution < -0.4 is 10.1 Å². The molecule has 2 aromatic carbocycles. The largest absolute Gasteiger partial charge is 0.486 e. The maximum absolute atomic E-state index is 7.02. The smallest absolute Gasteiger partial charge is 0.138 e. The van der Waals surface area contributed by atoms with E-state index in [0.29, 0.717) is 18.6 Å². The summed E-state index contributed by atoms with van der Waals surface area (Å²) in [6, 6.07) is 15.7. The normalized spacial score (nSPS) is 40.1. The topological polar surface area (TPSA) is 39.7 Å². The van der Waals surface area contributed by atoms with Crippen LogP contribution in [-0.4, -0.2) is 38.0 Å². The van der Waals surface area contributed by atoms with E-state index in [1.807, 2.05) is 7.11 Å². The van der Waals surface area contributed by atoms with Gasteiger partial charge in [0.1, 0.15) is 17.5 Å². The van der Waals surface area contributed by atoms with Crippen molar-refractivity contribution in [3.8, 4) is 5.75 Å². The molecule has 8 rings (SSSR count). The number of benzene rings is 2. The predicted octanol–water partition coefficient (Wildman–Crippen LogP) is 4.31. The number of rotatable bonds is 5. The second-order valence-corrected chi connectivity index (χ2v) is 10.9. The Morgan fingerprint density at radius 1 is 1.09 bits per heavy atom. The van der Waals surface area contributed by atoms with Gasteiger partial charge in [-0.1, -0.05) is 42.5 Å². The molecule has 6 aliphatic rings. The van der Waals surface area contributed by atoms with Crippen LogP contribution in [0.1, 0.15) is 47.9 Å². The average molecular weight is 432 g/mol. The van der Waals surface area contributed by atoms with Gasteiger partial charge in [0.05, 0.1) is 13.2 Å². The molecule has 6 atom stereocenters. The molecule has 32 heavy (non-hydrogen) atoms. The van der Waals surface area contributed by atoms with Crippen molar-refractivity contribution in [2.45, 2.75) is 68.8 Å². The van der Waals surface area contributed by atoms with E-state index in [4.69, 9.17) is 14.2 Å². The SMILES string of the molecule is CO[C@]12CC[C@@]3(C[C@@H]1COCc1ccccc1)C1Cc4ccc(C)c5c4[C@@]3(CCN1)[C@H]2O5. The average Bonchev–Trinajstić information content (AvgIpc) is 3.18. The highest BCUT2D eigenvalue weighted by molar-refractivity contribution is 5.61. The first-order valence-corrected chi connectivity index (χ1v) is 12.3. The zero-order valence-corrected chi connectivity index (χ0v) is 19.2. The van der Waals surface area contributed by atoms with Gasteiger partial charge in [0, 0.05) is 35.5 Å². The minimum atomic E-state index is -0.277. The van der Waals surface area contributed by atoms with Crippen molar-refractivity contribution in [1.82, 2.24) is 5.32 Å². The molecule has 4 bridgehead atoms. The van der Waals surface area contributed by atoms with Crippen LogP contribution in [-0.2, 0) is 27.9 Å². The highest BCUT2D eigenvalue weighted by Gasteiger charge is 2.79. The number of piperidine rings is 1. The number of ether oxygens (including phenoxy) is 3. The standard InChI is InChI=1S/C28H33NO3/c1-18-8-9-20-14-22-26-10-11-28(30-2,21(15-26)17-31-16-19-6-4-3-5-7-19)25-27(26,12-13-29-22)23(20)24(18)32-25/h3-9,21-22,25,29H,10-17H2,1-2H3/t21-,22?,25-,26-,27+,28-/m1/s1. The van der Waals surface area contributed by atoms with Gasteiger partial charge in [-0.2, -0.15) is 0 Å². The fraction of sp³-hybridized carbons (Fsp3) is 0.571. The Labute approximate surface area is 190 Å². The maximum atomic E-state index is 7.02. The van der Waals surface area contributed by atoms with Crippen molar-refractivity contribution in [1.29, 1.82) is 0 Å². The number of hydrogen-bond acceptors (Lipinski definition) is 4. The molecule has 4 nitrogen and oxygen atoms in total. The first-order chi connectivity index (χ1) is 15.6. The first-order valence-electron chi connectivity index (χ1n) is 12.3. The number of fused-ring (bicyclic) bond motifs is 2. The molecule has 2 aliphatic heterocycles. The fourth-order valence-corrected chi connectivity index (χ4v) is 8.73. The highest BCUT2D eigenvalue weighted by atomic mass is 16.6. The molecule has 0 aromatic heterocycles. The molecule has 2 heterocycles. The Kier molecular flexibility index (Phi) is 4.03. The van der Waals surface area contributed by atoms with Crippen molar-refractivity contribution in [2.24, 2.45) is 11.3 Å². The molecule has 2 spiro atoms. The van der Waals surface area contributed by atoms with Crippen LogP contribution >= 0.6 is 0 Å². The van der Waals surface area contributed by atoms with E-state index in [2.05, 4.69) is 54.7 Å². The van der Waals surface area contributed by atoms with E-state index in [0.717, 1.165) is 32.4 Å². The van der Waals surface area contributed by atoms with E-state index in [-0.39, 0.29) is 22.5 Å². The third-order valence-corrected chi connectivity index (χ3v) is 9.98. The minimum Gasteiger partial charge on any atom is -0.486 e. The third-order valence-electron chi connectivity index (χ3n) is 9.98. The summed E-state index contributed by atoms with van der Waals surface area (Å²) in [5.74, 6) is 1.52. The first kappa shape index (κ1) is 19.6. The Balaban J connectivity index is 1.31. The van der Waals surface area contributed by atoms with Crippen molar-refractivity contribution in [3.05, 3.63) is 64.7 Å². The summed E-state index contributed by atoms with van der Waals surface area (Å²) in [6.07, 6.45) is 5.82. The molecule has 0 amide bonds. The number of aryl methyl sites for hydroxylation is 1. The second-order valence-electron chi connectivity index (χ2n) is 10.9. The van der Waals surface area contributed by atoms with Gasteiger partial charge in [-0.15, -0.1) is 0 Å². The Bertz CT molecular complexity index is 1070. The van der Waals surface area contributed by atoms with Crippen molar-refractivity contribution >= 4 is 0 Å². The maximum Gasteiger partial charge on any atom is 0.138 e. The van der Waals surface area contributed by atoms with Gasteiger partial charge in [0.25, 0.3) is 0 Å². The third kappa shape index (κ3) is 2.15. The van der Waals surface area contributed by atoms with Crippen LogP contribution in [0.4, 0.5) is 0 Å². The van der Waals surface area contributed by atoms with Crippen LogP contribution in [0.25, 0.3) is 0 Å². The van der Waals surface area contributed by atoms with Gasteiger partial charge in [-0.25, -0.2) is 0 Å². The van der Waals surface area contributed by atoms with E-state index in [1.54, 1.807) is 5.56 Å². The molecule has 168 valence electrons. The van der Waals surface area contributed by atoms with Crippen LogP contribution in [0, 0.1) is 18.3 Å². The quantitative estimate of drug-likeness (QED) is 0.766. The molecule has 4 heteroatoms. The van der Waals surface area contributed by atoms with E-state index in [1.165, 1.54) is 35.3 Å². The van der Waals surface area contributed by atoms with Gasteiger partial charge in [0.2, 0.25) is 0 Å². The number of nitrogens with one attached hydrogen (secondary N) is 1.